The van der Waals surface area contributed by atoms with Crippen LogP contribution in [0.3, 0.4) is 0 Å². The minimum atomic E-state index is 1.04. The van der Waals surface area contributed by atoms with E-state index in [2.05, 4.69) is 54.8 Å². The number of aromatic nitrogens is 1. The summed E-state index contributed by atoms with van der Waals surface area (Å²) in [5, 5.41) is 1.28. The molecule has 0 amide bonds. The topological polar surface area (TPSA) is 15.9 Å². The molecule has 0 aromatic heterocycles. The van der Waals surface area contributed by atoms with Crippen molar-refractivity contribution in [3.63, 3.8) is 0 Å². The van der Waals surface area contributed by atoms with Gasteiger partial charge in [-0.05, 0) is 32.0 Å². The van der Waals surface area contributed by atoms with Crippen LogP contribution < -0.4 is 9.93 Å². The van der Waals surface area contributed by atoms with Crippen LogP contribution in [0.15, 0.2) is 42.5 Å². The van der Waals surface area contributed by atoms with Crippen molar-refractivity contribution in [2.45, 2.75) is 13.8 Å². The second kappa shape index (κ2) is 5.10. The summed E-state index contributed by atoms with van der Waals surface area (Å²) in [4.78, 5) is 5.97. The molecule has 2 aliphatic rings. The van der Waals surface area contributed by atoms with E-state index < -0.39 is 0 Å². The fourth-order valence-corrected chi connectivity index (χ4v) is 3.35. The molecule has 0 fully saturated rings. The summed E-state index contributed by atoms with van der Waals surface area (Å²) in [5.41, 5.74) is 2.16. The zero-order valence-electron chi connectivity index (χ0n) is 11.3. The highest BCUT2D eigenvalue weighted by molar-refractivity contribution is 7.21. The Labute approximate surface area is 117 Å². The molecule has 1 aromatic carbocycles. The van der Waals surface area contributed by atoms with Gasteiger partial charge < -0.3 is 0 Å². The highest BCUT2D eigenvalue weighted by Crippen LogP contribution is 2.28. The second-order valence-corrected chi connectivity index (χ2v) is 5.59. The Morgan fingerprint density at radius 2 is 1.84 bits per heavy atom. The summed E-state index contributed by atoms with van der Waals surface area (Å²) in [6.07, 6.45) is 0. The van der Waals surface area contributed by atoms with Gasteiger partial charge in [-0.15, -0.1) is 11.3 Å². The van der Waals surface area contributed by atoms with E-state index in [4.69, 9.17) is 4.98 Å². The Kier molecular flexibility index (Phi) is 3.30. The molecule has 3 heteroatoms. The van der Waals surface area contributed by atoms with Gasteiger partial charge >= 0.3 is 0 Å². The van der Waals surface area contributed by atoms with Crippen molar-refractivity contribution < 1.29 is 0 Å². The zero-order chi connectivity index (χ0) is 13.2. The molecule has 3 rings (SSSR count). The summed E-state index contributed by atoms with van der Waals surface area (Å²) < 4.78 is 3.60. The molecule has 0 bridgehead atoms. The number of benzene rings is 2. The molecular weight excluding hydrogens is 252 g/mol. The van der Waals surface area contributed by atoms with Crippen molar-refractivity contribution in [2.24, 2.45) is 0 Å². The van der Waals surface area contributed by atoms with Crippen LogP contribution in [0.4, 0.5) is 0 Å². The van der Waals surface area contributed by atoms with Gasteiger partial charge in [-0.1, -0.05) is 12.1 Å². The van der Waals surface area contributed by atoms with E-state index >= 15 is 0 Å². The second-order valence-electron chi connectivity index (χ2n) is 4.51. The van der Waals surface area contributed by atoms with Crippen molar-refractivity contribution >= 4 is 21.6 Å². The number of fused-ring (bicyclic) bond motifs is 2. The molecule has 2 nitrogen and oxygen atoms in total. The first-order valence-corrected chi connectivity index (χ1v) is 7.51. The van der Waals surface area contributed by atoms with Crippen LogP contribution in [0.25, 0.3) is 20.8 Å². The predicted octanol–water partition coefficient (Wildman–Crippen LogP) is 3.21. The van der Waals surface area contributed by atoms with Gasteiger partial charge in [-0.25, -0.2) is 9.56 Å². The SMILES string of the molecule is CC[N+](CC)=c1ccc2nc3ccccc3sc-2c1. The van der Waals surface area contributed by atoms with Crippen LogP contribution in [0.1, 0.15) is 13.8 Å². The Balaban J connectivity index is 2.32. The van der Waals surface area contributed by atoms with Gasteiger partial charge in [0.05, 0.1) is 20.8 Å². The maximum absolute atomic E-state index is 4.72. The van der Waals surface area contributed by atoms with Gasteiger partial charge in [0.25, 0.3) is 0 Å². The van der Waals surface area contributed by atoms with Crippen LogP contribution in [0.5, 0.6) is 0 Å². The standard InChI is InChI=1S/C16H17N2S/c1-3-18(4-2)12-9-10-14-16(11-12)19-15-8-6-5-7-13(15)17-14/h5-11H,3-4H2,1-2H3/q+1. The number of para-hydroxylation sites is 1. The molecule has 1 aromatic rings. The van der Waals surface area contributed by atoms with E-state index in [0.717, 1.165) is 24.3 Å². The van der Waals surface area contributed by atoms with E-state index in [1.807, 2.05) is 17.4 Å². The van der Waals surface area contributed by atoms with Gasteiger partial charge in [0.2, 0.25) is 5.36 Å². The maximum Gasteiger partial charge on any atom is 0.201 e. The third-order valence-electron chi connectivity index (χ3n) is 3.40. The highest BCUT2D eigenvalue weighted by Gasteiger charge is 2.09. The van der Waals surface area contributed by atoms with Crippen LogP contribution in [0, 0.1) is 0 Å². The largest absolute Gasteiger partial charge is 0.246 e. The molecule has 0 N–H and O–H groups in total. The molecule has 0 radical (unpaired) electrons. The maximum atomic E-state index is 4.72. The number of hydrogen-bond acceptors (Lipinski definition) is 2. The van der Waals surface area contributed by atoms with E-state index in [9.17, 15) is 0 Å². The van der Waals surface area contributed by atoms with Crippen molar-refractivity contribution in [2.75, 3.05) is 13.1 Å². The molecule has 96 valence electrons. The van der Waals surface area contributed by atoms with Crippen molar-refractivity contribution in [3.05, 3.63) is 47.8 Å². The lowest BCUT2D eigenvalue weighted by Gasteiger charge is -2.05. The highest BCUT2D eigenvalue weighted by atomic mass is 32.1. The normalized spacial score (nSPS) is 11.1. The summed E-state index contributed by atoms with van der Waals surface area (Å²) in [6.45, 7) is 6.45. The van der Waals surface area contributed by atoms with Gasteiger partial charge in [0.15, 0.2) is 0 Å². The van der Waals surface area contributed by atoms with Gasteiger partial charge in [0, 0.05) is 12.1 Å². The van der Waals surface area contributed by atoms with Crippen molar-refractivity contribution in [3.8, 4) is 10.6 Å². The fourth-order valence-electron chi connectivity index (χ4n) is 2.35. The predicted molar refractivity (Wildman–Crippen MR) is 82.6 cm³/mol. The van der Waals surface area contributed by atoms with Crippen molar-refractivity contribution in [1.82, 2.24) is 9.56 Å². The molecule has 0 unspecified atom stereocenters. The van der Waals surface area contributed by atoms with Crippen LogP contribution in [-0.2, 0) is 0 Å². The third-order valence-corrected chi connectivity index (χ3v) is 4.51. The Hall–Kier alpha value is -1.74. The zero-order valence-corrected chi connectivity index (χ0v) is 12.1. The Bertz CT molecular complexity index is 752. The molecule has 1 heterocycles. The summed E-state index contributed by atoms with van der Waals surface area (Å²) in [5.74, 6) is 0. The molecule has 0 saturated heterocycles. The average Bonchev–Trinajstić information content (AvgIpc) is 2.46. The molecule has 1 aliphatic carbocycles. The first kappa shape index (κ1) is 12.3. The lowest BCUT2D eigenvalue weighted by atomic mass is 10.2. The van der Waals surface area contributed by atoms with Crippen LogP contribution >= 0.6 is 11.3 Å². The van der Waals surface area contributed by atoms with Crippen LogP contribution in [-0.4, -0.2) is 18.1 Å². The minimum Gasteiger partial charge on any atom is -0.246 e. The van der Waals surface area contributed by atoms with E-state index in [1.165, 1.54) is 14.9 Å². The van der Waals surface area contributed by atoms with Crippen molar-refractivity contribution in [1.29, 1.82) is 0 Å². The average molecular weight is 269 g/mol. The van der Waals surface area contributed by atoms with Gasteiger partial charge in [-0.3, -0.25) is 0 Å². The van der Waals surface area contributed by atoms with Gasteiger partial charge in [0.1, 0.15) is 13.1 Å². The molecule has 0 atom stereocenters. The summed E-state index contributed by atoms with van der Waals surface area (Å²) >= 11 is 1.81. The first-order valence-electron chi connectivity index (χ1n) is 6.69. The van der Waals surface area contributed by atoms with Gasteiger partial charge in [-0.2, -0.15) is 0 Å². The third kappa shape index (κ3) is 2.26. The quantitative estimate of drug-likeness (QED) is 0.515. The Morgan fingerprint density at radius 3 is 2.63 bits per heavy atom. The number of nitrogens with zero attached hydrogens (tertiary/aromatic N) is 2. The first-order chi connectivity index (χ1) is 9.31. The number of rotatable bonds is 2. The molecule has 1 aliphatic heterocycles. The Morgan fingerprint density at radius 1 is 1.05 bits per heavy atom. The smallest absolute Gasteiger partial charge is 0.201 e. The molecular formula is C16H17N2S+. The lowest BCUT2D eigenvalue weighted by molar-refractivity contribution is 0.626. The molecule has 19 heavy (non-hydrogen) atoms. The summed E-state index contributed by atoms with van der Waals surface area (Å²) in [6, 6.07) is 14.9. The van der Waals surface area contributed by atoms with E-state index in [0.29, 0.717) is 0 Å². The van der Waals surface area contributed by atoms with Crippen LogP contribution in [0.2, 0.25) is 0 Å². The van der Waals surface area contributed by atoms with E-state index in [-0.39, 0.29) is 0 Å². The molecule has 0 saturated carbocycles. The van der Waals surface area contributed by atoms with E-state index in [1.54, 1.807) is 0 Å². The summed E-state index contributed by atoms with van der Waals surface area (Å²) in [7, 11) is 0. The fraction of sp³-hybridized carbons (Fsp3) is 0.250. The molecule has 0 spiro atoms. The minimum absolute atomic E-state index is 1.04. The number of hydrogen-bond donors (Lipinski definition) is 0. The lowest BCUT2D eigenvalue weighted by Crippen LogP contribution is -2.29. The monoisotopic (exact) mass is 269 g/mol.